The number of esters is 1. The van der Waals surface area contributed by atoms with Crippen LogP contribution in [0.4, 0.5) is 0 Å². The van der Waals surface area contributed by atoms with Gasteiger partial charge in [-0.15, -0.1) is 0 Å². The topological polar surface area (TPSA) is 99.2 Å². The van der Waals surface area contributed by atoms with Crippen LogP contribution in [-0.4, -0.2) is 43.3 Å². The van der Waals surface area contributed by atoms with Gasteiger partial charge in [-0.3, -0.25) is 9.97 Å². The summed E-state index contributed by atoms with van der Waals surface area (Å²) >= 11 is 0. The first-order chi connectivity index (χ1) is 17.1. The number of nitrogens with zero attached hydrogens (tertiary/aromatic N) is 4. The van der Waals surface area contributed by atoms with Crippen LogP contribution in [-0.2, 0) is 30.7 Å². The predicted octanol–water partition coefficient (Wildman–Crippen LogP) is 4.52. The van der Waals surface area contributed by atoms with Crippen molar-refractivity contribution in [2.24, 2.45) is 0 Å². The normalized spacial score (nSPS) is 10.3. The molecule has 0 amide bonds. The standard InChI is InChI=1S/C14H16N2O2.C13H14N2O2/c1-18-14(17)13-5-3-11-16(13)10-2-4-12-6-8-15-9-7-12;16-13(17)12-4-2-10-15(12)9-1-3-11-5-7-14-8-6-11/h3,5-9,11H,2,4,10H2,1H3;2,4-8,10H,1,3,9H2,(H,16,17). The van der Waals surface area contributed by atoms with Crippen LogP contribution in [0.2, 0.25) is 0 Å². The molecule has 0 aromatic carbocycles. The van der Waals surface area contributed by atoms with Gasteiger partial charge in [-0.05, 0) is 85.3 Å². The van der Waals surface area contributed by atoms with Gasteiger partial charge in [0.25, 0.3) is 0 Å². The van der Waals surface area contributed by atoms with E-state index in [0.717, 1.165) is 38.8 Å². The van der Waals surface area contributed by atoms with Crippen molar-refractivity contribution in [3.8, 4) is 0 Å². The van der Waals surface area contributed by atoms with Crippen molar-refractivity contribution in [3.05, 3.63) is 108 Å². The molecule has 0 atom stereocenters. The number of rotatable bonds is 10. The molecule has 1 N–H and O–H groups in total. The first-order valence-electron chi connectivity index (χ1n) is 11.5. The number of ether oxygens (including phenoxy) is 1. The Morgan fingerprint density at radius 2 is 1.23 bits per heavy atom. The summed E-state index contributed by atoms with van der Waals surface area (Å²) in [5.41, 5.74) is 3.44. The summed E-state index contributed by atoms with van der Waals surface area (Å²) in [5.74, 6) is -1.16. The second kappa shape index (κ2) is 13.5. The number of carboxylic acid groups (broad SMARTS) is 1. The highest BCUT2D eigenvalue weighted by Gasteiger charge is 2.10. The summed E-state index contributed by atoms with van der Waals surface area (Å²) in [7, 11) is 1.40. The molecule has 0 bridgehead atoms. The SMILES string of the molecule is COC(=O)c1cccn1CCCc1ccncc1.O=C(O)c1cccn1CCCc1ccncc1. The number of carboxylic acids is 1. The third kappa shape index (κ3) is 7.96. The van der Waals surface area contributed by atoms with Crippen molar-refractivity contribution in [1.29, 1.82) is 0 Å². The minimum atomic E-state index is -0.876. The molecule has 0 aliphatic heterocycles. The zero-order chi connectivity index (χ0) is 24.9. The van der Waals surface area contributed by atoms with Crippen LogP contribution >= 0.6 is 0 Å². The molecule has 0 spiro atoms. The van der Waals surface area contributed by atoms with Gasteiger partial charge in [-0.1, -0.05) is 0 Å². The number of aromatic nitrogens is 4. The van der Waals surface area contributed by atoms with Crippen molar-refractivity contribution in [2.75, 3.05) is 7.11 Å². The van der Waals surface area contributed by atoms with E-state index in [1.807, 2.05) is 41.1 Å². The Hall–Kier alpha value is -4.20. The fourth-order valence-corrected chi connectivity index (χ4v) is 3.71. The first-order valence-corrected chi connectivity index (χ1v) is 11.5. The van der Waals surface area contributed by atoms with Crippen molar-refractivity contribution in [2.45, 2.75) is 38.8 Å². The maximum atomic E-state index is 11.5. The van der Waals surface area contributed by atoms with Gasteiger partial charge in [0, 0.05) is 50.3 Å². The third-order valence-corrected chi connectivity index (χ3v) is 5.50. The third-order valence-electron chi connectivity index (χ3n) is 5.50. The number of carbonyl (C=O) groups excluding carboxylic acids is 1. The lowest BCUT2D eigenvalue weighted by Gasteiger charge is -2.07. The Kier molecular flexibility index (Phi) is 9.80. The Morgan fingerprint density at radius 3 is 1.69 bits per heavy atom. The monoisotopic (exact) mass is 474 g/mol. The van der Waals surface area contributed by atoms with Gasteiger partial charge in [-0.2, -0.15) is 0 Å². The quantitative estimate of drug-likeness (QED) is 0.339. The average Bonchev–Trinajstić information content (AvgIpc) is 3.55. The predicted molar refractivity (Wildman–Crippen MR) is 132 cm³/mol. The van der Waals surface area contributed by atoms with Gasteiger partial charge in [0.05, 0.1) is 7.11 Å². The highest BCUT2D eigenvalue weighted by atomic mass is 16.5. The van der Waals surface area contributed by atoms with E-state index < -0.39 is 5.97 Å². The maximum absolute atomic E-state index is 11.5. The Bertz CT molecular complexity index is 1190. The molecule has 0 saturated carbocycles. The molecule has 8 heteroatoms. The maximum Gasteiger partial charge on any atom is 0.354 e. The molecule has 8 nitrogen and oxygen atoms in total. The lowest BCUT2D eigenvalue weighted by atomic mass is 10.1. The van der Waals surface area contributed by atoms with Crippen LogP contribution in [0.1, 0.15) is 44.9 Å². The van der Waals surface area contributed by atoms with E-state index in [9.17, 15) is 9.59 Å². The highest BCUT2D eigenvalue weighted by Crippen LogP contribution is 2.09. The van der Waals surface area contributed by atoms with Crippen molar-refractivity contribution in [1.82, 2.24) is 19.1 Å². The molecule has 0 aliphatic carbocycles. The Balaban J connectivity index is 0.000000196. The van der Waals surface area contributed by atoms with Crippen LogP contribution < -0.4 is 0 Å². The fourth-order valence-electron chi connectivity index (χ4n) is 3.71. The van der Waals surface area contributed by atoms with Crippen LogP contribution in [0.15, 0.2) is 85.7 Å². The molecule has 4 rings (SSSR count). The highest BCUT2D eigenvalue weighted by molar-refractivity contribution is 5.87. The molecule has 4 aromatic rings. The second-order valence-electron chi connectivity index (χ2n) is 7.89. The number of aryl methyl sites for hydroxylation is 4. The second-order valence-corrected chi connectivity index (χ2v) is 7.89. The number of aromatic carboxylic acids is 1. The average molecular weight is 475 g/mol. The number of hydrogen-bond acceptors (Lipinski definition) is 5. The summed E-state index contributed by atoms with van der Waals surface area (Å²) in [4.78, 5) is 30.3. The Morgan fingerprint density at radius 1 is 0.771 bits per heavy atom. The Labute approximate surface area is 204 Å². The lowest BCUT2D eigenvalue weighted by molar-refractivity contribution is 0.0587. The summed E-state index contributed by atoms with van der Waals surface area (Å²) in [6.45, 7) is 1.52. The van der Waals surface area contributed by atoms with Crippen LogP contribution in [0.25, 0.3) is 0 Å². The van der Waals surface area contributed by atoms with Crippen LogP contribution in [0, 0.1) is 0 Å². The summed E-state index contributed by atoms with van der Waals surface area (Å²) < 4.78 is 8.42. The van der Waals surface area contributed by atoms with Gasteiger partial charge >= 0.3 is 11.9 Å². The molecule has 182 valence electrons. The molecular formula is C27H30N4O4. The zero-order valence-corrected chi connectivity index (χ0v) is 19.8. The van der Waals surface area contributed by atoms with E-state index in [4.69, 9.17) is 9.84 Å². The van der Waals surface area contributed by atoms with E-state index in [1.54, 1.807) is 53.8 Å². The molecule has 0 fully saturated rings. The summed E-state index contributed by atoms with van der Waals surface area (Å²) in [5, 5.41) is 8.94. The van der Waals surface area contributed by atoms with Gasteiger partial charge in [0.2, 0.25) is 0 Å². The van der Waals surface area contributed by atoms with E-state index in [-0.39, 0.29) is 5.97 Å². The molecule has 0 radical (unpaired) electrons. The van der Waals surface area contributed by atoms with Crippen molar-refractivity contribution < 1.29 is 19.4 Å². The summed E-state index contributed by atoms with van der Waals surface area (Å²) in [6.07, 6.45) is 14.6. The molecule has 0 unspecified atom stereocenters. The molecule has 4 heterocycles. The number of methoxy groups -OCH3 is 1. The van der Waals surface area contributed by atoms with E-state index in [2.05, 4.69) is 9.97 Å². The molecular weight excluding hydrogens is 444 g/mol. The van der Waals surface area contributed by atoms with Crippen molar-refractivity contribution >= 4 is 11.9 Å². The van der Waals surface area contributed by atoms with E-state index in [0.29, 0.717) is 11.4 Å². The molecule has 0 aliphatic rings. The first kappa shape index (κ1) is 25.4. The number of carbonyl (C=O) groups is 2. The van der Waals surface area contributed by atoms with E-state index >= 15 is 0 Å². The van der Waals surface area contributed by atoms with E-state index in [1.165, 1.54) is 18.2 Å². The minimum absolute atomic E-state index is 0.288. The van der Waals surface area contributed by atoms with Crippen molar-refractivity contribution in [3.63, 3.8) is 0 Å². The lowest BCUT2D eigenvalue weighted by Crippen LogP contribution is -2.10. The largest absolute Gasteiger partial charge is 0.477 e. The van der Waals surface area contributed by atoms with Gasteiger partial charge in [0.1, 0.15) is 11.4 Å². The minimum Gasteiger partial charge on any atom is -0.477 e. The van der Waals surface area contributed by atoms with Crippen LogP contribution in [0.5, 0.6) is 0 Å². The zero-order valence-electron chi connectivity index (χ0n) is 19.8. The number of pyridine rings is 2. The fraction of sp³-hybridized carbons (Fsp3) is 0.259. The van der Waals surface area contributed by atoms with Gasteiger partial charge < -0.3 is 19.0 Å². The number of hydrogen-bond donors (Lipinski definition) is 1. The smallest absolute Gasteiger partial charge is 0.354 e. The molecule has 35 heavy (non-hydrogen) atoms. The summed E-state index contributed by atoms with van der Waals surface area (Å²) in [6, 6.07) is 15.0. The van der Waals surface area contributed by atoms with Crippen LogP contribution in [0.3, 0.4) is 0 Å². The molecule has 4 aromatic heterocycles. The van der Waals surface area contributed by atoms with Gasteiger partial charge in [-0.25, -0.2) is 9.59 Å². The van der Waals surface area contributed by atoms with Gasteiger partial charge in [0.15, 0.2) is 0 Å². The molecule has 0 saturated heterocycles.